The second-order valence-electron chi connectivity index (χ2n) is 8.64. The van der Waals surface area contributed by atoms with Crippen molar-refractivity contribution in [1.82, 2.24) is 24.9 Å². The number of anilines is 1. The van der Waals surface area contributed by atoms with E-state index in [2.05, 4.69) is 25.7 Å². The van der Waals surface area contributed by atoms with Crippen LogP contribution in [0.3, 0.4) is 0 Å². The fourth-order valence-corrected chi connectivity index (χ4v) is 4.94. The molecule has 4 aromatic rings. The van der Waals surface area contributed by atoms with Gasteiger partial charge in [-0.05, 0) is 30.9 Å². The third-order valence-corrected chi connectivity index (χ3v) is 7.10. The number of hydrogen-bond acceptors (Lipinski definition) is 7. The van der Waals surface area contributed by atoms with Crippen LogP contribution < -0.4 is 15.4 Å². The third kappa shape index (κ3) is 4.46. The van der Waals surface area contributed by atoms with Gasteiger partial charge in [0, 0.05) is 41.9 Å². The quantitative estimate of drug-likeness (QED) is 0.412. The Balaban J connectivity index is 1.69. The predicted molar refractivity (Wildman–Crippen MR) is 134 cm³/mol. The van der Waals surface area contributed by atoms with Crippen LogP contribution in [0.25, 0.3) is 16.8 Å². The van der Waals surface area contributed by atoms with E-state index in [4.69, 9.17) is 4.74 Å². The van der Waals surface area contributed by atoms with Crippen LogP contribution in [-0.4, -0.2) is 43.7 Å². The first-order valence-electron chi connectivity index (χ1n) is 11.4. The summed E-state index contributed by atoms with van der Waals surface area (Å²) in [5.41, 5.74) is 2.23. The van der Waals surface area contributed by atoms with Gasteiger partial charge in [0.25, 0.3) is 5.91 Å². The SMILES string of the molecule is CSC1Oc2ncc(F)cc2CNc2nc3c(cnn3cc2-c2c(C)cccc2F)C(=O)NC[C@@H]1C. The molecule has 2 N–H and O–H groups in total. The first kappa shape index (κ1) is 24.0. The summed E-state index contributed by atoms with van der Waals surface area (Å²) in [5, 5.41) is 10.4. The Bertz CT molecular complexity index is 1440. The molecule has 1 aliphatic rings. The van der Waals surface area contributed by atoms with Gasteiger partial charge in [0.1, 0.15) is 28.5 Å². The van der Waals surface area contributed by atoms with Gasteiger partial charge in [0.2, 0.25) is 5.88 Å². The summed E-state index contributed by atoms with van der Waals surface area (Å²) in [7, 11) is 0. The van der Waals surface area contributed by atoms with Gasteiger partial charge in [-0.25, -0.2) is 23.3 Å². The maximum absolute atomic E-state index is 15.0. The van der Waals surface area contributed by atoms with Crippen molar-refractivity contribution in [1.29, 1.82) is 0 Å². The zero-order chi connectivity index (χ0) is 25.4. The molecule has 0 fully saturated rings. The van der Waals surface area contributed by atoms with E-state index in [1.165, 1.54) is 34.6 Å². The van der Waals surface area contributed by atoms with Crippen molar-refractivity contribution < 1.29 is 18.3 Å². The number of amides is 1. The number of hydrogen-bond donors (Lipinski definition) is 2. The van der Waals surface area contributed by atoms with Crippen molar-refractivity contribution >= 4 is 29.1 Å². The predicted octanol–water partition coefficient (Wildman–Crippen LogP) is 4.44. The van der Waals surface area contributed by atoms with Gasteiger partial charge in [0.05, 0.1) is 12.4 Å². The number of aromatic nitrogens is 4. The minimum absolute atomic E-state index is 0.0828. The second kappa shape index (κ2) is 9.73. The summed E-state index contributed by atoms with van der Waals surface area (Å²) in [6.07, 6.45) is 6.06. The number of carbonyl (C=O) groups excluding carboxylic acids is 1. The zero-order valence-electron chi connectivity index (χ0n) is 19.9. The minimum atomic E-state index is -0.507. The van der Waals surface area contributed by atoms with Crippen LogP contribution in [0.1, 0.15) is 28.4 Å². The monoisotopic (exact) mass is 510 g/mol. The molecule has 1 aliphatic heterocycles. The number of nitrogens with one attached hydrogen (secondary N) is 2. The van der Waals surface area contributed by atoms with Gasteiger partial charge in [0.15, 0.2) is 5.65 Å². The van der Waals surface area contributed by atoms with Crippen LogP contribution >= 0.6 is 11.8 Å². The summed E-state index contributed by atoms with van der Waals surface area (Å²) < 4.78 is 36.7. The van der Waals surface area contributed by atoms with Crippen LogP contribution in [0.2, 0.25) is 0 Å². The Morgan fingerprint density at radius 3 is 2.81 bits per heavy atom. The average molecular weight is 511 g/mol. The minimum Gasteiger partial charge on any atom is -0.463 e. The number of rotatable bonds is 2. The highest BCUT2D eigenvalue weighted by molar-refractivity contribution is 7.99. The van der Waals surface area contributed by atoms with Crippen molar-refractivity contribution in [3.05, 3.63) is 71.2 Å². The molecule has 0 spiro atoms. The van der Waals surface area contributed by atoms with Gasteiger partial charge in [-0.15, -0.1) is 11.8 Å². The highest BCUT2D eigenvalue weighted by Gasteiger charge is 2.25. The average Bonchev–Trinajstić information content (AvgIpc) is 3.27. The van der Waals surface area contributed by atoms with E-state index < -0.39 is 11.6 Å². The van der Waals surface area contributed by atoms with E-state index in [9.17, 15) is 13.6 Å². The molecule has 186 valence electrons. The molecule has 1 unspecified atom stereocenters. The molecule has 11 heteroatoms. The summed E-state index contributed by atoms with van der Waals surface area (Å²) in [6, 6.07) is 6.15. The van der Waals surface area contributed by atoms with Crippen molar-refractivity contribution in [2.45, 2.75) is 25.8 Å². The van der Waals surface area contributed by atoms with Crippen LogP contribution in [0.5, 0.6) is 5.88 Å². The van der Waals surface area contributed by atoms with Crippen LogP contribution in [0.15, 0.2) is 42.9 Å². The lowest BCUT2D eigenvalue weighted by Gasteiger charge is -2.24. The standard InChI is InChI=1S/C25H24F2N6O2S/c1-13-5-4-6-19(27)20(13)18-12-33-22-17(11-31-33)23(34)29-8-14(2)25(36-3)35-24-15(7-16(26)10-30-24)9-28-21(18)32-22/h4-7,10-12,14,25H,8-9H2,1-3H3,(H,28,32)(H,29,34)/t14-,25?/m0/s1. The molecule has 0 aliphatic carbocycles. The fraction of sp³-hybridized carbons (Fsp3) is 0.280. The van der Waals surface area contributed by atoms with E-state index in [1.54, 1.807) is 25.3 Å². The number of pyridine rings is 1. The molecule has 36 heavy (non-hydrogen) atoms. The number of nitrogens with zero attached hydrogens (tertiary/aromatic N) is 4. The van der Waals surface area contributed by atoms with Crippen LogP contribution in [0, 0.1) is 24.5 Å². The zero-order valence-corrected chi connectivity index (χ0v) is 20.7. The molecule has 3 aromatic heterocycles. The lowest BCUT2D eigenvalue weighted by Crippen LogP contribution is -2.35. The molecular weight excluding hydrogens is 486 g/mol. The number of halogens is 2. The number of carbonyl (C=O) groups is 1. The molecule has 0 saturated carbocycles. The number of fused-ring (bicyclic) bond motifs is 2. The van der Waals surface area contributed by atoms with Crippen molar-refractivity contribution in [3.8, 4) is 17.0 Å². The number of ether oxygens (including phenoxy) is 1. The van der Waals surface area contributed by atoms with E-state index in [0.29, 0.717) is 40.3 Å². The number of thioether (sulfide) groups is 1. The fourth-order valence-electron chi connectivity index (χ4n) is 4.19. The van der Waals surface area contributed by atoms with Gasteiger partial charge >= 0.3 is 0 Å². The first-order valence-corrected chi connectivity index (χ1v) is 12.6. The molecule has 0 saturated heterocycles. The Hall–Kier alpha value is -3.73. The molecule has 5 rings (SSSR count). The lowest BCUT2D eigenvalue weighted by molar-refractivity contribution is 0.0941. The maximum Gasteiger partial charge on any atom is 0.256 e. The molecule has 4 heterocycles. The Morgan fingerprint density at radius 1 is 1.19 bits per heavy atom. The normalized spacial score (nSPS) is 18.2. The Kier molecular flexibility index (Phi) is 6.48. The Morgan fingerprint density at radius 2 is 2.03 bits per heavy atom. The molecule has 2 bridgehead atoms. The summed E-state index contributed by atoms with van der Waals surface area (Å²) in [4.78, 5) is 21.8. The van der Waals surface area contributed by atoms with Gasteiger partial charge in [-0.1, -0.05) is 19.1 Å². The number of aryl methyl sites for hydroxylation is 1. The van der Waals surface area contributed by atoms with Crippen molar-refractivity contribution in [2.24, 2.45) is 5.92 Å². The molecule has 8 nitrogen and oxygen atoms in total. The molecule has 2 atom stereocenters. The summed E-state index contributed by atoms with van der Waals surface area (Å²) in [5.74, 6) is -0.761. The first-order chi connectivity index (χ1) is 17.4. The molecule has 1 amide bonds. The van der Waals surface area contributed by atoms with Crippen molar-refractivity contribution in [3.63, 3.8) is 0 Å². The van der Waals surface area contributed by atoms with E-state index in [0.717, 1.165) is 6.20 Å². The molecule has 1 aromatic carbocycles. The summed E-state index contributed by atoms with van der Waals surface area (Å²) >= 11 is 1.47. The largest absolute Gasteiger partial charge is 0.463 e. The topological polar surface area (TPSA) is 93.4 Å². The maximum atomic E-state index is 15.0. The number of benzene rings is 1. The van der Waals surface area contributed by atoms with E-state index in [1.807, 2.05) is 13.2 Å². The summed E-state index contributed by atoms with van der Waals surface area (Å²) in [6.45, 7) is 4.18. The lowest BCUT2D eigenvalue weighted by atomic mass is 10.0. The molecular formula is C25H24F2N6O2S. The van der Waals surface area contributed by atoms with Crippen LogP contribution in [-0.2, 0) is 6.54 Å². The highest BCUT2D eigenvalue weighted by Crippen LogP contribution is 2.33. The van der Waals surface area contributed by atoms with Crippen molar-refractivity contribution in [2.75, 3.05) is 18.1 Å². The third-order valence-electron chi connectivity index (χ3n) is 6.08. The van der Waals surface area contributed by atoms with Gasteiger partial charge in [-0.2, -0.15) is 5.10 Å². The van der Waals surface area contributed by atoms with Gasteiger partial charge < -0.3 is 15.4 Å². The highest BCUT2D eigenvalue weighted by atomic mass is 32.2. The second-order valence-corrected chi connectivity index (χ2v) is 9.58. The smallest absolute Gasteiger partial charge is 0.256 e. The van der Waals surface area contributed by atoms with E-state index in [-0.39, 0.29) is 35.2 Å². The molecule has 0 radical (unpaired) electrons. The van der Waals surface area contributed by atoms with E-state index >= 15 is 0 Å². The van der Waals surface area contributed by atoms with Crippen LogP contribution in [0.4, 0.5) is 14.6 Å². The Labute approximate surface area is 210 Å². The van der Waals surface area contributed by atoms with Gasteiger partial charge in [-0.3, -0.25) is 4.79 Å².